The van der Waals surface area contributed by atoms with Crippen molar-refractivity contribution in [2.24, 2.45) is 0 Å². The minimum absolute atomic E-state index is 0.0383. The molecule has 1 aliphatic rings. The first kappa shape index (κ1) is 13.7. The fourth-order valence-electron chi connectivity index (χ4n) is 1.83. The zero-order chi connectivity index (χ0) is 12.8. The quantitative estimate of drug-likeness (QED) is 0.548. The van der Waals surface area contributed by atoms with Gasteiger partial charge in [0, 0.05) is 20.3 Å². The number of hydrogen-bond donors (Lipinski definition) is 0. The highest BCUT2D eigenvalue weighted by atomic mass is 16.6. The van der Waals surface area contributed by atoms with E-state index >= 15 is 0 Å². The summed E-state index contributed by atoms with van der Waals surface area (Å²) >= 11 is 0. The highest BCUT2D eigenvalue weighted by Gasteiger charge is 2.35. The molecule has 0 amide bonds. The summed E-state index contributed by atoms with van der Waals surface area (Å²) in [6.07, 6.45) is 1.96. The molecular formula is C12H18O5. The molecule has 1 heterocycles. The van der Waals surface area contributed by atoms with Gasteiger partial charge in [0.15, 0.2) is 6.10 Å². The molecule has 0 bridgehead atoms. The molecule has 0 N–H and O–H groups in total. The third-order valence-corrected chi connectivity index (χ3v) is 2.47. The molecule has 0 aliphatic carbocycles. The van der Waals surface area contributed by atoms with Gasteiger partial charge in [0.25, 0.3) is 0 Å². The van der Waals surface area contributed by atoms with E-state index in [0.29, 0.717) is 12.8 Å². The lowest BCUT2D eigenvalue weighted by atomic mass is 10.0. The monoisotopic (exact) mass is 242 g/mol. The van der Waals surface area contributed by atoms with Crippen molar-refractivity contribution in [3.8, 4) is 0 Å². The van der Waals surface area contributed by atoms with E-state index in [-0.39, 0.29) is 18.7 Å². The van der Waals surface area contributed by atoms with Crippen molar-refractivity contribution in [2.45, 2.75) is 45.0 Å². The maximum absolute atomic E-state index is 11.0. The number of carbonyl (C=O) groups excluding carboxylic acids is 2. The van der Waals surface area contributed by atoms with Gasteiger partial charge in [0.05, 0.1) is 12.7 Å². The molecule has 1 unspecified atom stereocenters. The van der Waals surface area contributed by atoms with Gasteiger partial charge in [0.2, 0.25) is 0 Å². The molecule has 96 valence electrons. The Hall–Kier alpha value is -1.36. The van der Waals surface area contributed by atoms with Gasteiger partial charge >= 0.3 is 11.9 Å². The van der Waals surface area contributed by atoms with Gasteiger partial charge in [-0.25, -0.2) is 0 Å². The maximum Gasteiger partial charge on any atom is 0.303 e. The van der Waals surface area contributed by atoms with E-state index in [2.05, 4.69) is 6.58 Å². The molecular weight excluding hydrogens is 224 g/mol. The molecule has 17 heavy (non-hydrogen) atoms. The van der Waals surface area contributed by atoms with E-state index in [4.69, 9.17) is 14.2 Å². The number of ether oxygens (including phenoxy) is 3. The normalized spacial score (nSPS) is 28.2. The Labute approximate surface area is 101 Å². The molecule has 0 aromatic rings. The second-order valence-corrected chi connectivity index (χ2v) is 4.01. The molecule has 3 atom stereocenters. The predicted molar refractivity (Wildman–Crippen MR) is 60.3 cm³/mol. The van der Waals surface area contributed by atoms with Crippen LogP contribution in [0.25, 0.3) is 0 Å². The third kappa shape index (κ3) is 4.56. The highest BCUT2D eigenvalue weighted by Crippen LogP contribution is 2.22. The Morgan fingerprint density at radius 2 is 1.88 bits per heavy atom. The van der Waals surface area contributed by atoms with Crippen molar-refractivity contribution in [2.75, 3.05) is 6.61 Å². The first-order valence-corrected chi connectivity index (χ1v) is 5.60. The van der Waals surface area contributed by atoms with Gasteiger partial charge in [-0.05, 0) is 6.42 Å². The molecule has 5 heteroatoms. The van der Waals surface area contributed by atoms with Crippen LogP contribution in [0.1, 0.15) is 26.7 Å². The molecule has 0 saturated carbocycles. The van der Waals surface area contributed by atoms with E-state index in [1.807, 2.05) is 0 Å². The van der Waals surface area contributed by atoms with Crippen LogP contribution in [0.3, 0.4) is 0 Å². The lowest BCUT2D eigenvalue weighted by Crippen LogP contribution is -2.45. The SMILES string of the molecule is C=CCC1C[C@@H](OC(C)=O)[C@H](OC(C)=O)CO1. The van der Waals surface area contributed by atoms with Crippen LogP contribution in [-0.4, -0.2) is 36.9 Å². The van der Waals surface area contributed by atoms with E-state index in [9.17, 15) is 9.59 Å². The molecule has 1 aliphatic heterocycles. The highest BCUT2D eigenvalue weighted by molar-refractivity contribution is 5.67. The largest absolute Gasteiger partial charge is 0.458 e. The predicted octanol–water partition coefficient (Wildman–Crippen LogP) is 1.21. The van der Waals surface area contributed by atoms with E-state index in [0.717, 1.165) is 0 Å². The number of hydrogen-bond acceptors (Lipinski definition) is 5. The van der Waals surface area contributed by atoms with Crippen molar-refractivity contribution < 1.29 is 23.8 Å². The van der Waals surface area contributed by atoms with Crippen molar-refractivity contribution >= 4 is 11.9 Å². The maximum atomic E-state index is 11.0. The van der Waals surface area contributed by atoms with Crippen LogP contribution in [0.2, 0.25) is 0 Å². The molecule has 0 radical (unpaired) electrons. The first-order valence-electron chi connectivity index (χ1n) is 5.60. The zero-order valence-corrected chi connectivity index (χ0v) is 10.2. The molecule has 0 aromatic heterocycles. The smallest absolute Gasteiger partial charge is 0.303 e. The summed E-state index contributed by atoms with van der Waals surface area (Å²) in [7, 11) is 0. The molecule has 1 saturated heterocycles. The van der Waals surface area contributed by atoms with Crippen LogP contribution >= 0.6 is 0 Å². The summed E-state index contributed by atoms with van der Waals surface area (Å²) in [5.74, 6) is -0.788. The molecule has 1 rings (SSSR count). The van der Waals surface area contributed by atoms with Crippen LogP contribution in [0, 0.1) is 0 Å². The topological polar surface area (TPSA) is 61.8 Å². The average Bonchev–Trinajstić information content (AvgIpc) is 2.21. The number of esters is 2. The van der Waals surface area contributed by atoms with Crippen molar-refractivity contribution in [3.05, 3.63) is 12.7 Å². The van der Waals surface area contributed by atoms with Crippen LogP contribution in [0.15, 0.2) is 12.7 Å². The second-order valence-electron chi connectivity index (χ2n) is 4.01. The Bertz CT molecular complexity index is 299. The average molecular weight is 242 g/mol. The molecule has 0 aromatic carbocycles. The van der Waals surface area contributed by atoms with Crippen molar-refractivity contribution in [1.82, 2.24) is 0 Å². The van der Waals surface area contributed by atoms with Crippen molar-refractivity contribution in [1.29, 1.82) is 0 Å². The summed E-state index contributed by atoms with van der Waals surface area (Å²) in [4.78, 5) is 21.9. The number of carbonyl (C=O) groups is 2. The Morgan fingerprint density at radius 1 is 1.29 bits per heavy atom. The summed E-state index contributed by atoms with van der Waals surface area (Å²) in [6.45, 7) is 6.54. The van der Waals surface area contributed by atoms with Crippen LogP contribution in [-0.2, 0) is 23.8 Å². The second kappa shape index (κ2) is 6.39. The summed E-state index contributed by atoms with van der Waals surface area (Å²) in [5, 5.41) is 0. The number of rotatable bonds is 4. The van der Waals surface area contributed by atoms with Gasteiger partial charge < -0.3 is 14.2 Å². The molecule has 5 nitrogen and oxygen atoms in total. The fraction of sp³-hybridized carbons (Fsp3) is 0.667. The first-order chi connectivity index (χ1) is 8.02. The molecule has 1 fully saturated rings. The fourth-order valence-corrected chi connectivity index (χ4v) is 1.83. The Morgan fingerprint density at radius 3 is 2.41 bits per heavy atom. The minimum Gasteiger partial charge on any atom is -0.458 e. The Balaban J connectivity index is 2.61. The van der Waals surface area contributed by atoms with E-state index in [1.54, 1.807) is 6.08 Å². The van der Waals surface area contributed by atoms with Gasteiger partial charge in [-0.2, -0.15) is 0 Å². The molecule has 0 spiro atoms. The zero-order valence-electron chi connectivity index (χ0n) is 10.2. The van der Waals surface area contributed by atoms with E-state index < -0.39 is 18.2 Å². The summed E-state index contributed by atoms with van der Waals surface area (Å²) in [6, 6.07) is 0. The summed E-state index contributed by atoms with van der Waals surface area (Å²) < 4.78 is 15.7. The summed E-state index contributed by atoms with van der Waals surface area (Å²) in [5.41, 5.74) is 0. The van der Waals surface area contributed by atoms with Crippen LogP contribution in [0.4, 0.5) is 0 Å². The van der Waals surface area contributed by atoms with Gasteiger partial charge in [-0.15, -0.1) is 6.58 Å². The minimum atomic E-state index is -0.516. The van der Waals surface area contributed by atoms with Crippen LogP contribution in [0.5, 0.6) is 0 Å². The third-order valence-electron chi connectivity index (χ3n) is 2.47. The van der Waals surface area contributed by atoms with Gasteiger partial charge in [0.1, 0.15) is 6.10 Å². The van der Waals surface area contributed by atoms with Crippen LogP contribution < -0.4 is 0 Å². The van der Waals surface area contributed by atoms with E-state index in [1.165, 1.54) is 13.8 Å². The standard InChI is InChI=1S/C12H18O5/c1-4-5-10-6-11(16-8(2)13)12(7-15-10)17-9(3)14/h4,10-12H,1,5-7H2,2-3H3/t10?,11-,12-/m1/s1. The van der Waals surface area contributed by atoms with Gasteiger partial charge in [-0.3, -0.25) is 9.59 Å². The Kier molecular flexibility index (Phi) is 5.15. The lowest BCUT2D eigenvalue weighted by molar-refractivity contribution is -0.186. The van der Waals surface area contributed by atoms with Gasteiger partial charge in [-0.1, -0.05) is 6.08 Å². The van der Waals surface area contributed by atoms with Crippen molar-refractivity contribution in [3.63, 3.8) is 0 Å². The lowest BCUT2D eigenvalue weighted by Gasteiger charge is -2.34.